The average molecular weight is 288 g/mol. The highest BCUT2D eigenvalue weighted by molar-refractivity contribution is 5.81. The Morgan fingerprint density at radius 1 is 1.33 bits per heavy atom. The standard InChI is InChI=1S/C17H24N2O2/c18-10-4-5-11-19-17(20)16(21-13-15-8-9-15)12-14-6-2-1-3-7-14/h1-7,15-16H,8-13,18H2,(H,19,20)/b5-4+/t16-/m0/s1. The molecule has 0 aromatic heterocycles. The summed E-state index contributed by atoms with van der Waals surface area (Å²) in [5.41, 5.74) is 6.49. The smallest absolute Gasteiger partial charge is 0.249 e. The van der Waals surface area contributed by atoms with Crippen LogP contribution in [0.25, 0.3) is 0 Å². The Morgan fingerprint density at radius 2 is 2.10 bits per heavy atom. The van der Waals surface area contributed by atoms with Gasteiger partial charge in [0.25, 0.3) is 0 Å². The molecule has 1 saturated carbocycles. The Labute approximate surface area is 126 Å². The lowest BCUT2D eigenvalue weighted by Crippen LogP contribution is -2.38. The van der Waals surface area contributed by atoms with Gasteiger partial charge in [0.1, 0.15) is 6.10 Å². The number of benzene rings is 1. The minimum atomic E-state index is -0.417. The summed E-state index contributed by atoms with van der Waals surface area (Å²) in [4.78, 5) is 12.2. The zero-order valence-corrected chi connectivity index (χ0v) is 12.3. The van der Waals surface area contributed by atoms with Gasteiger partial charge < -0.3 is 15.8 Å². The Bertz CT molecular complexity index is 455. The van der Waals surface area contributed by atoms with Gasteiger partial charge in [0.15, 0.2) is 0 Å². The Morgan fingerprint density at radius 3 is 2.76 bits per heavy atom. The maximum atomic E-state index is 12.2. The fourth-order valence-corrected chi connectivity index (χ4v) is 2.05. The van der Waals surface area contributed by atoms with E-state index in [-0.39, 0.29) is 5.91 Å². The number of hydrogen-bond donors (Lipinski definition) is 2. The van der Waals surface area contributed by atoms with E-state index in [1.165, 1.54) is 12.8 Å². The van der Waals surface area contributed by atoms with E-state index in [0.29, 0.717) is 32.0 Å². The average Bonchev–Trinajstić information content (AvgIpc) is 3.33. The quantitative estimate of drug-likeness (QED) is 0.679. The Kier molecular flexibility index (Phi) is 6.44. The molecule has 4 heteroatoms. The third-order valence-corrected chi connectivity index (χ3v) is 3.48. The molecule has 114 valence electrons. The van der Waals surface area contributed by atoms with Gasteiger partial charge in [0, 0.05) is 19.5 Å². The van der Waals surface area contributed by atoms with Gasteiger partial charge in [-0.2, -0.15) is 0 Å². The fourth-order valence-electron chi connectivity index (χ4n) is 2.05. The summed E-state index contributed by atoms with van der Waals surface area (Å²) in [7, 11) is 0. The fraction of sp³-hybridized carbons (Fsp3) is 0.471. The largest absolute Gasteiger partial charge is 0.368 e. The van der Waals surface area contributed by atoms with Crippen molar-refractivity contribution in [3.8, 4) is 0 Å². The van der Waals surface area contributed by atoms with Crippen molar-refractivity contribution in [3.63, 3.8) is 0 Å². The van der Waals surface area contributed by atoms with Crippen LogP contribution in [0.15, 0.2) is 42.5 Å². The summed E-state index contributed by atoms with van der Waals surface area (Å²) >= 11 is 0. The second kappa shape index (κ2) is 8.60. The molecule has 1 aliphatic rings. The number of rotatable bonds is 9. The number of nitrogens with two attached hydrogens (primary N) is 1. The molecule has 0 radical (unpaired) electrons. The predicted molar refractivity (Wildman–Crippen MR) is 83.8 cm³/mol. The van der Waals surface area contributed by atoms with Crippen molar-refractivity contribution in [1.82, 2.24) is 5.32 Å². The lowest BCUT2D eigenvalue weighted by Gasteiger charge is -2.17. The van der Waals surface area contributed by atoms with E-state index in [1.807, 2.05) is 42.5 Å². The molecule has 0 heterocycles. The van der Waals surface area contributed by atoms with Gasteiger partial charge in [0.2, 0.25) is 5.91 Å². The second-order valence-corrected chi connectivity index (χ2v) is 5.41. The molecule has 1 aromatic rings. The maximum absolute atomic E-state index is 12.2. The molecule has 1 aromatic carbocycles. The monoisotopic (exact) mass is 288 g/mol. The van der Waals surface area contributed by atoms with E-state index in [0.717, 1.165) is 5.56 Å². The molecule has 1 atom stereocenters. The molecule has 3 N–H and O–H groups in total. The molecular weight excluding hydrogens is 264 g/mol. The van der Waals surface area contributed by atoms with Gasteiger partial charge in [-0.3, -0.25) is 4.79 Å². The first-order chi connectivity index (χ1) is 10.3. The van der Waals surface area contributed by atoms with Crippen molar-refractivity contribution >= 4 is 5.91 Å². The van der Waals surface area contributed by atoms with Gasteiger partial charge in [-0.15, -0.1) is 0 Å². The summed E-state index contributed by atoms with van der Waals surface area (Å²) in [5.74, 6) is 0.592. The van der Waals surface area contributed by atoms with Gasteiger partial charge in [-0.05, 0) is 24.3 Å². The lowest BCUT2D eigenvalue weighted by molar-refractivity contribution is -0.132. The molecule has 0 spiro atoms. The van der Waals surface area contributed by atoms with Crippen molar-refractivity contribution in [2.24, 2.45) is 11.7 Å². The summed E-state index contributed by atoms with van der Waals surface area (Å²) in [6, 6.07) is 9.98. The molecule has 1 amide bonds. The third-order valence-electron chi connectivity index (χ3n) is 3.48. The highest BCUT2D eigenvalue weighted by atomic mass is 16.5. The maximum Gasteiger partial charge on any atom is 0.249 e. The minimum Gasteiger partial charge on any atom is -0.368 e. The first-order valence-corrected chi connectivity index (χ1v) is 7.58. The highest BCUT2D eigenvalue weighted by Crippen LogP contribution is 2.29. The van der Waals surface area contributed by atoms with Crippen LogP contribution in [0.2, 0.25) is 0 Å². The summed E-state index contributed by atoms with van der Waals surface area (Å²) in [5, 5.41) is 2.88. The van der Waals surface area contributed by atoms with Crippen molar-refractivity contribution in [1.29, 1.82) is 0 Å². The van der Waals surface area contributed by atoms with Gasteiger partial charge in [-0.1, -0.05) is 42.5 Å². The SMILES string of the molecule is NC/C=C/CNC(=O)[C@H](Cc1ccccc1)OCC1CC1. The summed E-state index contributed by atoms with van der Waals surface area (Å²) in [6.07, 6.45) is 6.33. The molecule has 21 heavy (non-hydrogen) atoms. The topological polar surface area (TPSA) is 64.3 Å². The Hall–Kier alpha value is -1.65. The van der Waals surface area contributed by atoms with E-state index >= 15 is 0 Å². The van der Waals surface area contributed by atoms with Crippen molar-refractivity contribution in [2.45, 2.75) is 25.4 Å². The van der Waals surface area contributed by atoms with Crippen LogP contribution in [-0.2, 0) is 16.0 Å². The van der Waals surface area contributed by atoms with Crippen LogP contribution in [0, 0.1) is 5.92 Å². The van der Waals surface area contributed by atoms with Crippen LogP contribution in [0.5, 0.6) is 0 Å². The van der Waals surface area contributed by atoms with Crippen LogP contribution < -0.4 is 11.1 Å². The number of ether oxygens (including phenoxy) is 1. The van der Waals surface area contributed by atoms with Crippen LogP contribution in [-0.4, -0.2) is 31.7 Å². The van der Waals surface area contributed by atoms with Crippen LogP contribution in [0.4, 0.5) is 0 Å². The van der Waals surface area contributed by atoms with E-state index in [1.54, 1.807) is 0 Å². The number of nitrogens with one attached hydrogen (secondary N) is 1. The molecule has 1 aliphatic carbocycles. The van der Waals surface area contributed by atoms with E-state index < -0.39 is 6.10 Å². The zero-order valence-electron chi connectivity index (χ0n) is 12.3. The van der Waals surface area contributed by atoms with Crippen molar-refractivity contribution in [2.75, 3.05) is 19.7 Å². The number of hydrogen-bond acceptors (Lipinski definition) is 3. The van der Waals surface area contributed by atoms with Gasteiger partial charge in [-0.25, -0.2) is 0 Å². The van der Waals surface area contributed by atoms with E-state index in [9.17, 15) is 4.79 Å². The summed E-state index contributed by atoms with van der Waals surface area (Å²) in [6.45, 7) is 1.67. The molecule has 2 rings (SSSR count). The lowest BCUT2D eigenvalue weighted by atomic mass is 10.1. The zero-order chi connectivity index (χ0) is 14.9. The predicted octanol–water partition coefficient (Wildman–Crippen LogP) is 1.66. The molecular formula is C17H24N2O2. The van der Waals surface area contributed by atoms with Crippen LogP contribution in [0.1, 0.15) is 18.4 Å². The molecule has 0 bridgehead atoms. The highest BCUT2D eigenvalue weighted by Gasteiger charge is 2.26. The summed E-state index contributed by atoms with van der Waals surface area (Å²) < 4.78 is 5.83. The number of carbonyl (C=O) groups excluding carboxylic acids is 1. The van der Waals surface area contributed by atoms with Crippen molar-refractivity contribution < 1.29 is 9.53 Å². The van der Waals surface area contributed by atoms with E-state index in [2.05, 4.69) is 5.32 Å². The Balaban J connectivity index is 1.86. The van der Waals surface area contributed by atoms with Crippen LogP contribution in [0.3, 0.4) is 0 Å². The number of carbonyl (C=O) groups is 1. The van der Waals surface area contributed by atoms with Gasteiger partial charge in [0.05, 0.1) is 6.61 Å². The molecule has 1 fully saturated rings. The van der Waals surface area contributed by atoms with Crippen molar-refractivity contribution in [3.05, 3.63) is 48.0 Å². The second-order valence-electron chi connectivity index (χ2n) is 5.41. The van der Waals surface area contributed by atoms with Crippen LogP contribution >= 0.6 is 0 Å². The first kappa shape index (κ1) is 15.7. The first-order valence-electron chi connectivity index (χ1n) is 7.58. The minimum absolute atomic E-state index is 0.0545. The normalized spacial score (nSPS) is 16.0. The molecule has 0 aliphatic heterocycles. The molecule has 0 unspecified atom stereocenters. The number of amides is 1. The third kappa shape index (κ3) is 6.10. The van der Waals surface area contributed by atoms with Gasteiger partial charge >= 0.3 is 0 Å². The molecule has 0 saturated heterocycles. The molecule has 4 nitrogen and oxygen atoms in total. The van der Waals surface area contributed by atoms with E-state index in [4.69, 9.17) is 10.5 Å².